The summed E-state index contributed by atoms with van der Waals surface area (Å²) in [5.41, 5.74) is 0.808. The highest BCUT2D eigenvalue weighted by atomic mass is 19.1. The lowest BCUT2D eigenvalue weighted by atomic mass is 10.1. The minimum absolute atomic E-state index is 0.330. The molecule has 3 aromatic rings. The van der Waals surface area contributed by atoms with E-state index in [-0.39, 0.29) is 0 Å². The van der Waals surface area contributed by atoms with E-state index in [2.05, 4.69) is 16.0 Å². The number of carbonyl (C=O) groups excluding carboxylic acids is 2. The van der Waals surface area contributed by atoms with E-state index < -0.39 is 29.1 Å². The van der Waals surface area contributed by atoms with E-state index in [0.29, 0.717) is 17.1 Å². The first kappa shape index (κ1) is 18.1. The Balaban J connectivity index is 1.62. The zero-order valence-electron chi connectivity index (χ0n) is 14.0. The highest BCUT2D eigenvalue weighted by Crippen LogP contribution is 2.18. The second kappa shape index (κ2) is 8.09. The quantitative estimate of drug-likeness (QED) is 0.616. The van der Waals surface area contributed by atoms with E-state index >= 15 is 0 Å². The van der Waals surface area contributed by atoms with E-state index in [4.69, 9.17) is 0 Å². The second-order valence-electron chi connectivity index (χ2n) is 5.57. The van der Waals surface area contributed by atoms with Crippen molar-refractivity contribution in [2.24, 2.45) is 0 Å². The molecular weight excluding hydrogens is 352 g/mol. The minimum Gasteiger partial charge on any atom is -0.322 e. The van der Waals surface area contributed by atoms with Crippen molar-refractivity contribution >= 4 is 29.0 Å². The summed E-state index contributed by atoms with van der Waals surface area (Å²) in [6.07, 6.45) is 0. The summed E-state index contributed by atoms with van der Waals surface area (Å²) in [4.78, 5) is 24.0. The Morgan fingerprint density at radius 2 is 1.07 bits per heavy atom. The summed E-state index contributed by atoms with van der Waals surface area (Å²) >= 11 is 0. The molecule has 0 aliphatic rings. The van der Waals surface area contributed by atoms with Crippen molar-refractivity contribution in [3.8, 4) is 0 Å². The molecule has 5 nitrogen and oxygen atoms in total. The van der Waals surface area contributed by atoms with Crippen LogP contribution in [0.25, 0.3) is 0 Å². The van der Waals surface area contributed by atoms with Crippen molar-refractivity contribution in [3.63, 3.8) is 0 Å². The molecule has 3 rings (SSSR count). The molecule has 27 heavy (non-hydrogen) atoms. The van der Waals surface area contributed by atoms with Gasteiger partial charge in [-0.1, -0.05) is 24.3 Å². The van der Waals surface area contributed by atoms with Crippen LogP contribution in [-0.4, -0.2) is 11.9 Å². The maximum atomic E-state index is 13.6. The van der Waals surface area contributed by atoms with Crippen LogP contribution < -0.4 is 16.0 Å². The number of halogens is 2. The predicted molar refractivity (Wildman–Crippen MR) is 99.8 cm³/mol. The third-order valence-electron chi connectivity index (χ3n) is 3.62. The van der Waals surface area contributed by atoms with Crippen molar-refractivity contribution in [1.29, 1.82) is 0 Å². The maximum absolute atomic E-state index is 13.6. The minimum atomic E-state index is -0.941. The molecule has 0 unspecified atom stereocenters. The van der Waals surface area contributed by atoms with Crippen molar-refractivity contribution in [2.75, 3.05) is 16.0 Å². The smallest absolute Gasteiger partial charge is 0.322 e. The van der Waals surface area contributed by atoms with Crippen LogP contribution in [0.5, 0.6) is 0 Å². The molecule has 0 aliphatic heterocycles. The van der Waals surface area contributed by atoms with Crippen molar-refractivity contribution in [3.05, 3.63) is 90.0 Å². The van der Waals surface area contributed by atoms with Crippen LogP contribution in [0.2, 0.25) is 0 Å². The lowest BCUT2D eigenvalue weighted by molar-refractivity contribution is 0.101. The molecule has 0 bridgehead atoms. The Morgan fingerprint density at radius 3 is 1.63 bits per heavy atom. The van der Waals surface area contributed by atoms with Gasteiger partial charge in [0.2, 0.25) is 0 Å². The molecule has 0 saturated heterocycles. The number of rotatable bonds is 4. The van der Waals surface area contributed by atoms with Gasteiger partial charge in [0, 0.05) is 17.1 Å². The van der Waals surface area contributed by atoms with E-state index in [1.54, 1.807) is 36.4 Å². The van der Waals surface area contributed by atoms with Crippen LogP contribution in [-0.2, 0) is 0 Å². The van der Waals surface area contributed by atoms with Gasteiger partial charge in [-0.25, -0.2) is 13.6 Å². The van der Waals surface area contributed by atoms with Crippen molar-refractivity contribution in [2.45, 2.75) is 0 Å². The lowest BCUT2D eigenvalue weighted by Crippen LogP contribution is -2.19. The molecule has 3 amide bonds. The van der Waals surface area contributed by atoms with Crippen LogP contribution in [0.15, 0.2) is 72.8 Å². The molecule has 0 saturated carbocycles. The summed E-state index contributed by atoms with van der Waals surface area (Å²) in [6, 6.07) is 17.8. The highest BCUT2D eigenvalue weighted by Gasteiger charge is 2.17. The lowest BCUT2D eigenvalue weighted by Gasteiger charge is -2.10. The van der Waals surface area contributed by atoms with Crippen LogP contribution in [0.1, 0.15) is 10.4 Å². The Morgan fingerprint density at radius 1 is 0.593 bits per heavy atom. The van der Waals surface area contributed by atoms with Crippen LogP contribution >= 0.6 is 0 Å². The van der Waals surface area contributed by atoms with Gasteiger partial charge in [0.1, 0.15) is 17.2 Å². The molecule has 3 N–H and O–H groups in total. The monoisotopic (exact) mass is 367 g/mol. The topological polar surface area (TPSA) is 70.2 Å². The number of amides is 3. The average molecular weight is 367 g/mol. The van der Waals surface area contributed by atoms with Crippen LogP contribution in [0, 0.1) is 11.6 Å². The van der Waals surface area contributed by atoms with Gasteiger partial charge in [-0.15, -0.1) is 0 Å². The number of hydrogen-bond acceptors (Lipinski definition) is 2. The van der Waals surface area contributed by atoms with Gasteiger partial charge < -0.3 is 16.0 Å². The summed E-state index contributed by atoms with van der Waals surface area (Å²) < 4.78 is 27.3. The fraction of sp³-hybridized carbons (Fsp3) is 0. The van der Waals surface area contributed by atoms with Gasteiger partial charge in [-0.2, -0.15) is 0 Å². The number of urea groups is 1. The van der Waals surface area contributed by atoms with Crippen molar-refractivity contribution < 1.29 is 18.4 Å². The fourth-order valence-electron chi connectivity index (χ4n) is 2.36. The van der Waals surface area contributed by atoms with E-state index in [0.717, 1.165) is 12.1 Å². The Kier molecular flexibility index (Phi) is 5.41. The average Bonchev–Trinajstić information content (AvgIpc) is 2.64. The zero-order chi connectivity index (χ0) is 19.2. The van der Waals surface area contributed by atoms with Crippen LogP contribution in [0.3, 0.4) is 0 Å². The molecule has 136 valence electrons. The van der Waals surface area contributed by atoms with Crippen LogP contribution in [0.4, 0.5) is 30.6 Å². The Hall–Kier alpha value is -3.74. The van der Waals surface area contributed by atoms with Gasteiger partial charge in [-0.3, -0.25) is 4.79 Å². The normalized spacial score (nSPS) is 10.1. The third kappa shape index (κ3) is 4.66. The van der Waals surface area contributed by atoms with Gasteiger partial charge >= 0.3 is 6.03 Å². The van der Waals surface area contributed by atoms with Crippen molar-refractivity contribution in [1.82, 2.24) is 0 Å². The summed E-state index contributed by atoms with van der Waals surface area (Å²) in [5, 5.41) is 7.72. The third-order valence-corrected chi connectivity index (χ3v) is 3.62. The standard InChI is InChI=1S/C20H15F2N3O2/c21-16-7-4-8-17(22)18(16)19(26)23-14-9-11-15(12-10-14)25-20(27)24-13-5-2-1-3-6-13/h1-12H,(H,23,26)(H2,24,25,27). The molecule has 3 aromatic carbocycles. The largest absolute Gasteiger partial charge is 0.323 e. The molecule has 0 aromatic heterocycles. The Labute approximate surface area is 154 Å². The number of anilines is 3. The van der Waals surface area contributed by atoms with Gasteiger partial charge in [-0.05, 0) is 48.5 Å². The van der Waals surface area contributed by atoms with Gasteiger partial charge in [0.25, 0.3) is 5.91 Å². The number of nitrogens with one attached hydrogen (secondary N) is 3. The number of hydrogen-bond donors (Lipinski definition) is 3. The number of benzene rings is 3. The number of carbonyl (C=O) groups is 2. The first-order valence-electron chi connectivity index (χ1n) is 8.01. The van der Waals surface area contributed by atoms with E-state index in [9.17, 15) is 18.4 Å². The van der Waals surface area contributed by atoms with Gasteiger partial charge in [0.15, 0.2) is 0 Å². The summed E-state index contributed by atoms with van der Waals surface area (Å²) in [5.74, 6) is -2.78. The maximum Gasteiger partial charge on any atom is 0.323 e. The molecule has 0 heterocycles. The SMILES string of the molecule is O=C(Nc1ccccc1)Nc1ccc(NC(=O)c2c(F)cccc2F)cc1. The molecular formula is C20H15F2N3O2. The summed E-state index contributed by atoms with van der Waals surface area (Å²) in [6.45, 7) is 0. The van der Waals surface area contributed by atoms with Gasteiger partial charge in [0.05, 0.1) is 0 Å². The van der Waals surface area contributed by atoms with E-state index in [1.165, 1.54) is 18.2 Å². The first-order chi connectivity index (χ1) is 13.0. The second-order valence-corrected chi connectivity index (χ2v) is 5.57. The summed E-state index contributed by atoms with van der Waals surface area (Å²) in [7, 11) is 0. The molecule has 7 heteroatoms. The fourth-order valence-corrected chi connectivity index (χ4v) is 2.36. The van der Waals surface area contributed by atoms with E-state index in [1.807, 2.05) is 6.07 Å². The molecule has 0 aliphatic carbocycles. The molecule has 0 fully saturated rings. The first-order valence-corrected chi connectivity index (χ1v) is 8.01. The molecule has 0 spiro atoms. The highest BCUT2D eigenvalue weighted by molar-refractivity contribution is 6.05. The zero-order valence-corrected chi connectivity index (χ0v) is 14.0. The molecule has 0 atom stereocenters. The number of para-hydroxylation sites is 1. The Bertz CT molecular complexity index is 940. The molecule has 0 radical (unpaired) electrons. The predicted octanol–water partition coefficient (Wildman–Crippen LogP) is 4.86.